The van der Waals surface area contributed by atoms with Gasteiger partial charge in [0.2, 0.25) is 0 Å². The second-order valence-electron chi connectivity index (χ2n) is 13.1. The van der Waals surface area contributed by atoms with Crippen LogP contribution < -0.4 is 0 Å². The van der Waals surface area contributed by atoms with Crippen molar-refractivity contribution in [2.24, 2.45) is 0 Å². The van der Waals surface area contributed by atoms with Crippen LogP contribution in [0, 0.1) is 0 Å². The Kier molecular flexibility index (Phi) is 8.95. The van der Waals surface area contributed by atoms with E-state index in [4.69, 9.17) is 22.1 Å². The summed E-state index contributed by atoms with van der Waals surface area (Å²) in [5.74, 6) is 8.02. The molecule has 5 aromatic rings. The number of hydrogen-bond donors (Lipinski definition) is 0. The summed E-state index contributed by atoms with van der Waals surface area (Å²) in [7, 11) is 8.36. The Morgan fingerprint density at radius 3 is 1.16 bits per heavy atom. The quantitative estimate of drug-likeness (QED) is 0.129. The van der Waals surface area contributed by atoms with Crippen molar-refractivity contribution < 1.29 is 22.1 Å². The van der Waals surface area contributed by atoms with E-state index in [9.17, 15) is 0 Å². The van der Waals surface area contributed by atoms with Gasteiger partial charge in [-0.15, -0.1) is 0 Å². The first-order valence-electron chi connectivity index (χ1n) is 15.2. The molecule has 43 heavy (non-hydrogen) atoms. The lowest BCUT2D eigenvalue weighted by Gasteiger charge is -2.19. The third kappa shape index (κ3) is 6.94. The number of nitrogens with zero attached hydrogens (tertiary/aromatic N) is 2. The average Bonchev–Trinajstić information content (AvgIpc) is 3.78. The summed E-state index contributed by atoms with van der Waals surface area (Å²) in [5.41, 5.74) is -0.847. The van der Waals surface area contributed by atoms with Crippen LogP contribution in [-0.2, 0) is 23.7 Å². The van der Waals surface area contributed by atoms with Gasteiger partial charge in [0.25, 0.3) is 0 Å². The van der Waals surface area contributed by atoms with E-state index in [0.717, 1.165) is 73.3 Å². The summed E-state index contributed by atoms with van der Waals surface area (Å²) >= 11 is 0. The van der Waals surface area contributed by atoms with E-state index < -0.39 is 10.8 Å². The van der Waals surface area contributed by atoms with Crippen molar-refractivity contribution >= 4 is 0 Å². The van der Waals surface area contributed by atoms with E-state index >= 15 is 0 Å². The van der Waals surface area contributed by atoms with Crippen LogP contribution in [0.5, 0.6) is 0 Å². The second kappa shape index (κ2) is 12.5. The van der Waals surface area contributed by atoms with Crippen molar-refractivity contribution in [2.75, 3.05) is 41.3 Å². The van der Waals surface area contributed by atoms with Crippen molar-refractivity contribution in [1.82, 2.24) is 9.80 Å². The molecular formula is C36H46N2O5. The molecule has 0 aliphatic heterocycles. The van der Waals surface area contributed by atoms with Crippen molar-refractivity contribution in [3.05, 3.63) is 95.2 Å². The molecule has 0 saturated heterocycles. The van der Waals surface area contributed by atoms with Crippen LogP contribution in [0.3, 0.4) is 0 Å². The molecule has 0 aliphatic carbocycles. The topological polar surface area (TPSA) is 72.2 Å². The van der Waals surface area contributed by atoms with Gasteiger partial charge in [-0.1, -0.05) is 0 Å². The molecule has 0 aromatic carbocycles. The van der Waals surface area contributed by atoms with Crippen LogP contribution >= 0.6 is 0 Å². The first kappa shape index (κ1) is 30.8. The normalized spacial score (nSPS) is 12.7. The molecule has 0 spiro atoms. The standard InChI is InChI=1S/C36H46N2O5/c1-35(2,31-19-13-25(39-31)11-9-23-37(5)6)33-21-17-29(42-33)27-15-16-28(41-27)30-18-22-34(43-30)36(3,4)32-20-14-26(40-32)12-10-24-38(7)8/h13-22H,9-12,23-24H2,1-8H3. The maximum atomic E-state index is 6.31. The average molecular weight is 587 g/mol. The van der Waals surface area contributed by atoms with E-state index in [-0.39, 0.29) is 0 Å². The van der Waals surface area contributed by atoms with Crippen molar-refractivity contribution in [3.63, 3.8) is 0 Å². The Hall–Kier alpha value is -3.68. The lowest BCUT2D eigenvalue weighted by molar-refractivity contribution is 0.343. The highest BCUT2D eigenvalue weighted by Gasteiger charge is 2.32. The Bertz CT molecular complexity index is 1490. The highest BCUT2D eigenvalue weighted by Crippen LogP contribution is 2.39. The zero-order chi connectivity index (χ0) is 30.8. The zero-order valence-corrected chi connectivity index (χ0v) is 27.0. The van der Waals surface area contributed by atoms with Crippen LogP contribution in [0.15, 0.2) is 82.7 Å². The smallest absolute Gasteiger partial charge is 0.170 e. The van der Waals surface area contributed by atoms with E-state index in [1.165, 1.54) is 0 Å². The molecule has 0 N–H and O–H groups in total. The Balaban J connectivity index is 1.26. The minimum Gasteiger partial charge on any atom is -0.465 e. The van der Waals surface area contributed by atoms with Gasteiger partial charge in [-0.3, -0.25) is 0 Å². The summed E-state index contributed by atoms with van der Waals surface area (Å²) < 4.78 is 31.3. The Morgan fingerprint density at radius 2 is 0.767 bits per heavy atom. The predicted octanol–water partition coefficient (Wildman–Crippen LogP) is 8.63. The molecule has 5 aromatic heterocycles. The summed E-state index contributed by atoms with van der Waals surface area (Å²) in [4.78, 5) is 4.38. The minimum atomic E-state index is -0.424. The van der Waals surface area contributed by atoms with Gasteiger partial charge in [0, 0.05) is 12.8 Å². The first-order valence-corrected chi connectivity index (χ1v) is 15.2. The maximum absolute atomic E-state index is 6.31. The monoisotopic (exact) mass is 586 g/mol. The third-order valence-corrected chi connectivity index (χ3v) is 8.15. The molecule has 0 unspecified atom stereocenters. The molecule has 0 bridgehead atoms. The number of furan rings is 5. The predicted molar refractivity (Wildman–Crippen MR) is 170 cm³/mol. The Labute approximate surface area is 255 Å². The largest absolute Gasteiger partial charge is 0.465 e. The number of hydrogen-bond acceptors (Lipinski definition) is 7. The van der Waals surface area contributed by atoms with Gasteiger partial charge in [0.05, 0.1) is 10.8 Å². The molecule has 0 amide bonds. The molecule has 0 radical (unpaired) electrons. The molecule has 0 aliphatic rings. The van der Waals surface area contributed by atoms with Crippen LogP contribution in [0.1, 0.15) is 75.1 Å². The molecule has 5 rings (SSSR count). The molecular weight excluding hydrogens is 540 g/mol. The van der Waals surface area contributed by atoms with Crippen LogP contribution in [0.25, 0.3) is 23.0 Å². The lowest BCUT2D eigenvalue weighted by atomic mass is 9.87. The second-order valence-corrected chi connectivity index (χ2v) is 13.1. The summed E-state index contributed by atoms with van der Waals surface area (Å²) in [6.45, 7) is 10.5. The highest BCUT2D eigenvalue weighted by molar-refractivity contribution is 5.59. The summed E-state index contributed by atoms with van der Waals surface area (Å²) in [5, 5.41) is 0. The maximum Gasteiger partial charge on any atom is 0.170 e. The fourth-order valence-corrected chi connectivity index (χ4v) is 5.29. The fourth-order valence-electron chi connectivity index (χ4n) is 5.29. The van der Waals surface area contributed by atoms with Gasteiger partial charge >= 0.3 is 0 Å². The van der Waals surface area contributed by atoms with Gasteiger partial charge < -0.3 is 31.9 Å². The van der Waals surface area contributed by atoms with Gasteiger partial charge in [0.15, 0.2) is 23.0 Å². The molecule has 230 valence electrons. The zero-order valence-electron chi connectivity index (χ0n) is 27.0. The Morgan fingerprint density at radius 1 is 0.442 bits per heavy atom. The van der Waals surface area contributed by atoms with E-state index in [1.807, 2.05) is 36.4 Å². The van der Waals surface area contributed by atoms with Gasteiger partial charge in [-0.2, -0.15) is 0 Å². The number of aryl methyl sites for hydroxylation is 2. The lowest BCUT2D eigenvalue weighted by Crippen LogP contribution is -2.17. The number of rotatable bonds is 14. The van der Waals surface area contributed by atoms with Crippen molar-refractivity contribution in [1.29, 1.82) is 0 Å². The molecule has 0 saturated carbocycles. The summed E-state index contributed by atoms with van der Waals surface area (Å²) in [6, 6.07) is 20.0. The van der Waals surface area contributed by atoms with Gasteiger partial charge in [-0.05, 0) is 142 Å². The molecule has 5 heterocycles. The third-order valence-electron chi connectivity index (χ3n) is 8.15. The van der Waals surface area contributed by atoms with Crippen LogP contribution in [0.2, 0.25) is 0 Å². The van der Waals surface area contributed by atoms with Crippen molar-refractivity contribution in [3.8, 4) is 23.0 Å². The molecule has 7 heteroatoms. The molecule has 7 nitrogen and oxygen atoms in total. The fraction of sp³-hybridized carbons (Fsp3) is 0.444. The molecule has 0 atom stereocenters. The van der Waals surface area contributed by atoms with Crippen LogP contribution in [-0.4, -0.2) is 51.1 Å². The van der Waals surface area contributed by atoms with Crippen molar-refractivity contribution in [2.45, 2.75) is 64.2 Å². The molecule has 0 fully saturated rings. The SMILES string of the molecule is CN(C)CCCc1ccc(C(C)(C)c2ccc(-c3ccc(-c4ccc(C(C)(C)c5ccc(CCCN(C)C)o5)o4)o3)o2)o1. The minimum absolute atomic E-state index is 0.424. The van der Waals surface area contributed by atoms with E-state index in [1.54, 1.807) is 0 Å². The van der Waals surface area contributed by atoms with Gasteiger partial charge in [-0.25, -0.2) is 0 Å². The van der Waals surface area contributed by atoms with E-state index in [0.29, 0.717) is 23.0 Å². The highest BCUT2D eigenvalue weighted by atomic mass is 16.4. The van der Waals surface area contributed by atoms with E-state index in [2.05, 4.69) is 90.0 Å². The van der Waals surface area contributed by atoms with Crippen LogP contribution in [0.4, 0.5) is 0 Å². The first-order chi connectivity index (χ1) is 20.4. The van der Waals surface area contributed by atoms with Gasteiger partial charge in [0.1, 0.15) is 34.6 Å². The summed E-state index contributed by atoms with van der Waals surface area (Å²) in [6.07, 6.45) is 3.94.